The van der Waals surface area contributed by atoms with Crippen LogP contribution in [0.1, 0.15) is 55.6 Å². The number of benzene rings is 2. The first kappa shape index (κ1) is 28.9. The molecule has 4 aromatic rings. The lowest BCUT2D eigenvalue weighted by atomic mass is 10.1. The summed E-state index contributed by atoms with van der Waals surface area (Å²) < 4.78 is 7.69. The lowest BCUT2D eigenvalue weighted by molar-refractivity contribution is -0.119. The maximum Gasteiger partial charge on any atom is 0.348 e. The van der Waals surface area contributed by atoms with Gasteiger partial charge in [-0.15, -0.1) is 0 Å². The fourth-order valence-corrected chi connectivity index (χ4v) is 5.55. The van der Waals surface area contributed by atoms with E-state index in [9.17, 15) is 14.4 Å². The average molecular weight is 569 g/mol. The van der Waals surface area contributed by atoms with Crippen molar-refractivity contribution >= 4 is 45.0 Å². The van der Waals surface area contributed by atoms with E-state index in [2.05, 4.69) is 47.6 Å². The van der Waals surface area contributed by atoms with Gasteiger partial charge in [-0.25, -0.2) is 4.79 Å². The predicted molar refractivity (Wildman–Crippen MR) is 165 cm³/mol. The topological polar surface area (TPSA) is 106 Å². The summed E-state index contributed by atoms with van der Waals surface area (Å²) in [5.74, 6) is -0.420. The highest BCUT2D eigenvalue weighted by Crippen LogP contribution is 2.31. The first-order valence-electron chi connectivity index (χ1n) is 14.5. The molecule has 9 nitrogen and oxygen atoms in total. The van der Waals surface area contributed by atoms with E-state index in [-0.39, 0.29) is 31.0 Å². The minimum absolute atomic E-state index is 0.0504. The van der Waals surface area contributed by atoms with Crippen LogP contribution in [-0.2, 0) is 22.6 Å². The zero-order valence-electron chi connectivity index (χ0n) is 24.1. The number of hydrogen-bond donors (Lipinski definition) is 1. The van der Waals surface area contributed by atoms with Crippen LogP contribution in [0.5, 0.6) is 0 Å². The molecule has 2 aromatic carbocycles. The van der Waals surface area contributed by atoms with Gasteiger partial charge in [0.1, 0.15) is 24.0 Å². The molecule has 218 valence electrons. The molecule has 1 fully saturated rings. The van der Waals surface area contributed by atoms with E-state index in [1.165, 1.54) is 11.0 Å². The van der Waals surface area contributed by atoms with Crippen molar-refractivity contribution in [3.8, 4) is 0 Å². The molecule has 1 aliphatic heterocycles. The summed E-state index contributed by atoms with van der Waals surface area (Å²) in [5, 5.41) is 9.23. The number of anilines is 1. The van der Waals surface area contributed by atoms with Crippen LogP contribution in [-0.4, -0.2) is 46.2 Å². The van der Waals surface area contributed by atoms with Crippen molar-refractivity contribution < 1.29 is 18.8 Å². The number of amides is 2. The molecule has 5 rings (SSSR count). The zero-order chi connectivity index (χ0) is 29.6. The van der Waals surface area contributed by atoms with E-state index in [1.54, 1.807) is 12.1 Å². The Kier molecular flexibility index (Phi) is 8.85. The smallest absolute Gasteiger partial charge is 0.348 e. The van der Waals surface area contributed by atoms with Crippen LogP contribution in [0.2, 0.25) is 0 Å². The van der Waals surface area contributed by atoms with E-state index in [0.29, 0.717) is 23.6 Å². The number of likely N-dealkylation sites (tertiary alicyclic amines) is 1. The summed E-state index contributed by atoms with van der Waals surface area (Å²) in [6.45, 7) is 8.89. The molecule has 1 N–H and O–H groups in total. The SMILES string of the molecule is C=CCON=C1C[C@@H](C(=O)Nc2ccc3c(c2)c2ccccc2n3CC)N(C(=O)c2ccc(CCCCC)oc2=O)C1. The standard InChI is InChI=1S/C33H36N4O5/c1-4-7-8-11-24-15-16-26(33(40)42-24)32(39)37-21-23(35-41-18-5-2)20-30(37)31(38)34-22-14-17-29-27(19-22)25-12-9-10-13-28(25)36(29)6-3/h5,9-10,12-17,19,30H,2,4,6-8,11,18,20-21H2,1,3H3,(H,34,38)/t30-/m0/s1. The van der Waals surface area contributed by atoms with Gasteiger partial charge in [0.15, 0.2) is 0 Å². The Bertz CT molecular complexity index is 1720. The average Bonchev–Trinajstić information content (AvgIpc) is 3.56. The minimum Gasteiger partial charge on any atom is -0.427 e. The molecule has 9 heteroatoms. The Balaban J connectivity index is 1.41. The van der Waals surface area contributed by atoms with Crippen LogP contribution in [0.25, 0.3) is 21.8 Å². The molecule has 2 amide bonds. The van der Waals surface area contributed by atoms with Gasteiger partial charge in [-0.3, -0.25) is 9.59 Å². The molecule has 0 bridgehead atoms. The molecule has 0 radical (unpaired) electrons. The van der Waals surface area contributed by atoms with Gasteiger partial charge >= 0.3 is 5.63 Å². The number of oxime groups is 1. The third kappa shape index (κ3) is 5.86. The van der Waals surface area contributed by atoms with Gasteiger partial charge in [-0.1, -0.05) is 55.8 Å². The van der Waals surface area contributed by atoms with Crippen LogP contribution in [0, 0.1) is 0 Å². The first-order valence-corrected chi connectivity index (χ1v) is 14.5. The number of para-hydroxylation sites is 1. The van der Waals surface area contributed by atoms with Crippen LogP contribution in [0.4, 0.5) is 5.69 Å². The summed E-state index contributed by atoms with van der Waals surface area (Å²) in [5.41, 5.74) is 2.51. The van der Waals surface area contributed by atoms with Crippen molar-refractivity contribution in [2.24, 2.45) is 5.16 Å². The Morgan fingerprint density at radius 2 is 1.90 bits per heavy atom. The van der Waals surface area contributed by atoms with E-state index >= 15 is 0 Å². The van der Waals surface area contributed by atoms with E-state index in [1.807, 2.05) is 30.3 Å². The Hall–Kier alpha value is -4.66. The number of fused-ring (bicyclic) bond motifs is 3. The molecule has 3 heterocycles. The van der Waals surface area contributed by atoms with Gasteiger partial charge < -0.3 is 24.0 Å². The molecule has 0 aliphatic carbocycles. The van der Waals surface area contributed by atoms with Crippen molar-refractivity contribution in [2.75, 3.05) is 18.5 Å². The molecular formula is C33H36N4O5. The zero-order valence-corrected chi connectivity index (χ0v) is 24.1. The number of hydrogen-bond acceptors (Lipinski definition) is 6. The van der Waals surface area contributed by atoms with Gasteiger partial charge in [-0.2, -0.15) is 0 Å². The fraction of sp³-hybridized carbons (Fsp3) is 0.333. The van der Waals surface area contributed by atoms with Gasteiger partial charge in [0, 0.05) is 46.9 Å². The number of carbonyl (C=O) groups is 2. The third-order valence-electron chi connectivity index (χ3n) is 7.60. The highest BCUT2D eigenvalue weighted by Gasteiger charge is 2.39. The number of aromatic nitrogens is 1. The normalized spacial score (nSPS) is 15.9. The molecule has 0 saturated carbocycles. The first-order chi connectivity index (χ1) is 20.4. The molecule has 1 aliphatic rings. The molecular weight excluding hydrogens is 532 g/mol. The Labute approximate surface area is 244 Å². The quantitative estimate of drug-likeness (QED) is 0.138. The molecule has 0 spiro atoms. The minimum atomic E-state index is -0.889. The van der Waals surface area contributed by atoms with E-state index in [4.69, 9.17) is 9.25 Å². The second-order valence-electron chi connectivity index (χ2n) is 10.4. The highest BCUT2D eigenvalue weighted by atomic mass is 16.6. The Morgan fingerprint density at radius 3 is 2.67 bits per heavy atom. The largest absolute Gasteiger partial charge is 0.427 e. The van der Waals surface area contributed by atoms with Crippen molar-refractivity contribution in [1.29, 1.82) is 0 Å². The van der Waals surface area contributed by atoms with Gasteiger partial charge in [-0.05, 0) is 49.7 Å². The molecule has 0 unspecified atom stereocenters. The van der Waals surface area contributed by atoms with Crippen LogP contribution in [0.3, 0.4) is 0 Å². The summed E-state index contributed by atoms with van der Waals surface area (Å²) >= 11 is 0. The molecule has 1 saturated heterocycles. The number of nitrogens with zero attached hydrogens (tertiary/aromatic N) is 3. The maximum atomic E-state index is 13.7. The van der Waals surface area contributed by atoms with Crippen molar-refractivity contribution in [3.63, 3.8) is 0 Å². The second-order valence-corrected chi connectivity index (χ2v) is 10.4. The highest BCUT2D eigenvalue weighted by molar-refractivity contribution is 6.11. The van der Waals surface area contributed by atoms with E-state index in [0.717, 1.165) is 47.6 Å². The predicted octanol–water partition coefficient (Wildman–Crippen LogP) is 5.91. The summed E-state index contributed by atoms with van der Waals surface area (Å²) in [6.07, 6.45) is 5.34. The van der Waals surface area contributed by atoms with Crippen LogP contribution in [0.15, 0.2) is 81.6 Å². The fourth-order valence-electron chi connectivity index (χ4n) is 5.55. The number of nitrogens with one attached hydrogen (secondary N) is 1. The summed E-state index contributed by atoms with van der Waals surface area (Å²) in [7, 11) is 0. The number of aryl methyl sites for hydroxylation is 2. The molecule has 42 heavy (non-hydrogen) atoms. The van der Waals surface area contributed by atoms with Crippen LogP contribution >= 0.6 is 0 Å². The van der Waals surface area contributed by atoms with Crippen molar-refractivity contribution in [3.05, 3.63) is 89.0 Å². The Morgan fingerprint density at radius 1 is 1.10 bits per heavy atom. The summed E-state index contributed by atoms with van der Waals surface area (Å²) in [4.78, 5) is 46.7. The summed E-state index contributed by atoms with van der Waals surface area (Å²) in [6, 6.07) is 16.2. The lowest BCUT2D eigenvalue weighted by Gasteiger charge is -2.23. The maximum absolute atomic E-state index is 13.7. The van der Waals surface area contributed by atoms with Crippen LogP contribution < -0.4 is 10.9 Å². The van der Waals surface area contributed by atoms with E-state index < -0.39 is 17.6 Å². The van der Waals surface area contributed by atoms with Crippen molar-refractivity contribution in [2.45, 2.75) is 58.5 Å². The number of carbonyl (C=O) groups excluding carboxylic acids is 2. The molecule has 2 aromatic heterocycles. The van der Waals surface area contributed by atoms with Gasteiger partial charge in [0.05, 0.1) is 12.3 Å². The second kappa shape index (κ2) is 12.9. The van der Waals surface area contributed by atoms with Gasteiger partial charge in [0.25, 0.3) is 5.91 Å². The lowest BCUT2D eigenvalue weighted by Crippen LogP contribution is -2.44. The third-order valence-corrected chi connectivity index (χ3v) is 7.60. The number of unbranched alkanes of at least 4 members (excludes halogenated alkanes) is 2. The number of rotatable bonds is 11. The monoisotopic (exact) mass is 568 g/mol. The van der Waals surface area contributed by atoms with Crippen molar-refractivity contribution in [1.82, 2.24) is 9.47 Å². The molecule has 1 atom stereocenters. The van der Waals surface area contributed by atoms with Gasteiger partial charge in [0.2, 0.25) is 5.91 Å².